The Labute approximate surface area is 165 Å². The zero-order valence-corrected chi connectivity index (χ0v) is 16.8. The number of nitrogens with two attached hydrogens (primary N) is 1. The Bertz CT molecular complexity index is 1050. The molecule has 2 aromatic carbocycles. The van der Waals surface area contributed by atoms with Gasteiger partial charge in [-0.3, -0.25) is 4.79 Å². The quantitative estimate of drug-likeness (QED) is 0.410. The molecular formula is C18H15BrN2O5S. The van der Waals surface area contributed by atoms with E-state index in [2.05, 4.69) is 15.9 Å². The third-order valence-electron chi connectivity index (χ3n) is 3.45. The lowest BCUT2D eigenvalue weighted by Gasteiger charge is -2.13. The SMILES string of the molecule is COc1cc(/C=C(\C#N)C(N)=O)cc(Br)c1OS(=O)(=O)c1ccc(C)cc1. The maximum atomic E-state index is 12.5. The van der Waals surface area contributed by atoms with Crippen LogP contribution in [0.15, 0.2) is 51.3 Å². The molecule has 0 aromatic heterocycles. The van der Waals surface area contributed by atoms with E-state index in [4.69, 9.17) is 19.9 Å². The molecule has 9 heteroatoms. The highest BCUT2D eigenvalue weighted by Crippen LogP contribution is 2.39. The second-order valence-electron chi connectivity index (χ2n) is 5.42. The minimum Gasteiger partial charge on any atom is -0.493 e. The summed E-state index contributed by atoms with van der Waals surface area (Å²) < 4.78 is 35.7. The number of carbonyl (C=O) groups is 1. The molecule has 0 aliphatic rings. The Morgan fingerprint density at radius 2 is 1.89 bits per heavy atom. The normalized spacial score (nSPS) is 11.6. The molecule has 0 bridgehead atoms. The Balaban J connectivity index is 2.48. The highest BCUT2D eigenvalue weighted by molar-refractivity contribution is 9.10. The lowest BCUT2D eigenvalue weighted by atomic mass is 10.1. The second-order valence-corrected chi connectivity index (χ2v) is 7.82. The number of benzene rings is 2. The molecule has 0 atom stereocenters. The first-order valence-electron chi connectivity index (χ1n) is 7.48. The van der Waals surface area contributed by atoms with Crippen LogP contribution in [0.3, 0.4) is 0 Å². The van der Waals surface area contributed by atoms with E-state index in [1.165, 1.54) is 37.5 Å². The van der Waals surface area contributed by atoms with Gasteiger partial charge >= 0.3 is 10.1 Å². The number of hydrogen-bond acceptors (Lipinski definition) is 6. The Morgan fingerprint density at radius 3 is 2.41 bits per heavy atom. The standard InChI is InChI=1S/C18H15BrN2O5S/c1-11-3-5-14(6-4-11)27(23,24)26-17-15(19)8-12(9-16(17)25-2)7-13(10-20)18(21)22/h3-9H,1-2H3,(H2,21,22)/b13-7+. The topological polar surface area (TPSA) is 119 Å². The van der Waals surface area contributed by atoms with Crippen LogP contribution in [-0.4, -0.2) is 21.4 Å². The fraction of sp³-hybridized carbons (Fsp3) is 0.111. The lowest BCUT2D eigenvalue weighted by molar-refractivity contribution is -0.114. The molecule has 2 N–H and O–H groups in total. The van der Waals surface area contributed by atoms with Gasteiger partial charge in [0, 0.05) is 0 Å². The van der Waals surface area contributed by atoms with E-state index in [1.54, 1.807) is 18.2 Å². The number of amides is 1. The summed E-state index contributed by atoms with van der Waals surface area (Å²) in [6.07, 6.45) is 1.26. The van der Waals surface area contributed by atoms with E-state index < -0.39 is 16.0 Å². The van der Waals surface area contributed by atoms with Gasteiger partial charge in [-0.2, -0.15) is 13.7 Å². The molecule has 2 rings (SSSR count). The van der Waals surface area contributed by atoms with Gasteiger partial charge in [0.25, 0.3) is 5.91 Å². The molecular weight excluding hydrogens is 436 g/mol. The zero-order valence-electron chi connectivity index (χ0n) is 14.4. The summed E-state index contributed by atoms with van der Waals surface area (Å²) in [5.74, 6) is -0.851. The van der Waals surface area contributed by atoms with E-state index >= 15 is 0 Å². The van der Waals surface area contributed by atoms with E-state index in [-0.39, 0.29) is 26.4 Å². The van der Waals surface area contributed by atoms with E-state index in [9.17, 15) is 13.2 Å². The number of rotatable bonds is 6. The summed E-state index contributed by atoms with van der Waals surface area (Å²) in [7, 11) is -2.76. The van der Waals surface area contributed by atoms with Gasteiger partial charge in [0.1, 0.15) is 16.5 Å². The Hall–Kier alpha value is -2.83. The smallest absolute Gasteiger partial charge is 0.339 e. The van der Waals surface area contributed by atoms with Crippen LogP contribution in [0.25, 0.3) is 6.08 Å². The van der Waals surface area contributed by atoms with Crippen LogP contribution in [0.1, 0.15) is 11.1 Å². The summed E-state index contributed by atoms with van der Waals surface area (Å²) in [5.41, 5.74) is 6.16. The molecule has 140 valence electrons. The predicted octanol–water partition coefficient (Wildman–Crippen LogP) is 2.93. The summed E-state index contributed by atoms with van der Waals surface area (Å²) >= 11 is 3.23. The van der Waals surface area contributed by atoms with E-state index in [0.717, 1.165) is 5.56 Å². The number of hydrogen-bond donors (Lipinski definition) is 1. The van der Waals surface area contributed by atoms with Crippen LogP contribution < -0.4 is 14.7 Å². The molecule has 0 heterocycles. The minimum absolute atomic E-state index is 0.00785. The first-order chi connectivity index (χ1) is 12.7. The zero-order chi connectivity index (χ0) is 20.2. The van der Waals surface area contributed by atoms with Crippen molar-refractivity contribution in [1.82, 2.24) is 0 Å². The van der Waals surface area contributed by atoms with E-state index in [0.29, 0.717) is 5.56 Å². The van der Waals surface area contributed by atoms with Crippen LogP contribution in [-0.2, 0) is 14.9 Å². The number of nitrogens with zero attached hydrogens (tertiary/aromatic N) is 1. The fourth-order valence-electron chi connectivity index (χ4n) is 2.09. The Kier molecular flexibility index (Phi) is 6.25. The number of nitriles is 1. The largest absolute Gasteiger partial charge is 0.493 e. The number of ether oxygens (including phenoxy) is 1. The number of halogens is 1. The maximum absolute atomic E-state index is 12.5. The van der Waals surface area contributed by atoms with Gasteiger partial charge in [-0.05, 0) is 58.8 Å². The molecule has 0 unspecified atom stereocenters. The van der Waals surface area contributed by atoms with Gasteiger partial charge in [0.2, 0.25) is 0 Å². The van der Waals surface area contributed by atoms with Crippen molar-refractivity contribution in [3.05, 3.63) is 57.6 Å². The van der Waals surface area contributed by atoms with Gasteiger partial charge < -0.3 is 14.7 Å². The molecule has 27 heavy (non-hydrogen) atoms. The average molecular weight is 451 g/mol. The fourth-order valence-corrected chi connectivity index (χ4v) is 3.70. The van der Waals surface area contributed by atoms with Gasteiger partial charge in [-0.25, -0.2) is 0 Å². The summed E-state index contributed by atoms with van der Waals surface area (Å²) in [6, 6.07) is 10.8. The summed E-state index contributed by atoms with van der Waals surface area (Å²) in [5, 5.41) is 8.94. The molecule has 7 nitrogen and oxygen atoms in total. The molecule has 0 radical (unpaired) electrons. The lowest BCUT2D eigenvalue weighted by Crippen LogP contribution is -2.12. The van der Waals surface area contributed by atoms with Gasteiger partial charge in [-0.1, -0.05) is 17.7 Å². The Morgan fingerprint density at radius 1 is 1.26 bits per heavy atom. The number of aryl methyl sites for hydroxylation is 1. The van der Waals surface area contributed by atoms with Crippen molar-refractivity contribution in [1.29, 1.82) is 5.26 Å². The number of primary amides is 1. The minimum atomic E-state index is -4.09. The second kappa shape index (κ2) is 8.24. The third kappa shape index (κ3) is 4.87. The monoisotopic (exact) mass is 450 g/mol. The van der Waals surface area contributed by atoms with Gasteiger partial charge in [0.05, 0.1) is 11.6 Å². The van der Waals surface area contributed by atoms with Crippen molar-refractivity contribution in [2.75, 3.05) is 7.11 Å². The van der Waals surface area contributed by atoms with Gasteiger partial charge in [0.15, 0.2) is 11.5 Å². The van der Waals surface area contributed by atoms with Crippen molar-refractivity contribution in [2.45, 2.75) is 11.8 Å². The van der Waals surface area contributed by atoms with Crippen molar-refractivity contribution < 1.29 is 22.1 Å². The van der Waals surface area contributed by atoms with Crippen LogP contribution in [0.4, 0.5) is 0 Å². The predicted molar refractivity (Wildman–Crippen MR) is 102 cm³/mol. The van der Waals surface area contributed by atoms with Gasteiger partial charge in [-0.15, -0.1) is 0 Å². The van der Waals surface area contributed by atoms with Crippen molar-refractivity contribution in [3.8, 4) is 17.6 Å². The molecule has 0 spiro atoms. The maximum Gasteiger partial charge on any atom is 0.339 e. The van der Waals surface area contributed by atoms with Crippen molar-refractivity contribution in [2.24, 2.45) is 5.73 Å². The van der Waals surface area contributed by atoms with Crippen LogP contribution in [0.2, 0.25) is 0 Å². The summed E-state index contributed by atoms with van der Waals surface area (Å²) in [6.45, 7) is 1.84. The molecule has 0 saturated heterocycles. The van der Waals surface area contributed by atoms with Crippen molar-refractivity contribution in [3.63, 3.8) is 0 Å². The molecule has 0 saturated carbocycles. The highest BCUT2D eigenvalue weighted by atomic mass is 79.9. The van der Waals surface area contributed by atoms with Crippen LogP contribution in [0, 0.1) is 18.3 Å². The average Bonchev–Trinajstić information content (AvgIpc) is 2.61. The number of methoxy groups -OCH3 is 1. The third-order valence-corrected chi connectivity index (χ3v) is 5.28. The van der Waals surface area contributed by atoms with Crippen LogP contribution in [0.5, 0.6) is 11.5 Å². The summed E-state index contributed by atoms with van der Waals surface area (Å²) in [4.78, 5) is 11.2. The first kappa shape index (κ1) is 20.5. The van der Waals surface area contributed by atoms with E-state index in [1.807, 2.05) is 6.92 Å². The molecule has 2 aromatic rings. The first-order valence-corrected chi connectivity index (χ1v) is 9.68. The molecule has 0 aliphatic heterocycles. The van der Waals surface area contributed by atoms with Crippen LogP contribution >= 0.6 is 15.9 Å². The molecule has 0 fully saturated rings. The molecule has 0 aliphatic carbocycles. The van der Waals surface area contributed by atoms with Crippen molar-refractivity contribution >= 4 is 38.0 Å². The highest BCUT2D eigenvalue weighted by Gasteiger charge is 2.22. The molecule has 1 amide bonds. The number of carbonyl (C=O) groups excluding carboxylic acids is 1.